The third-order valence-electron chi connectivity index (χ3n) is 4.88. The molecule has 0 fully saturated rings. The monoisotopic (exact) mass is 380 g/mol. The molecule has 0 spiro atoms. The standard InChI is InChI=1S/C15H16O2.C9H12O2/c1-15(2,11-7-3-5-9-13(11)16)12-8-4-6-10-14(12)17;1-2-9(10,11)8-6-4-3-5-7-8/h3-10,16-17H,1-2H3;3-7,10-11H,2H2,1H3. The molecule has 0 saturated carbocycles. The first-order valence-electron chi connectivity index (χ1n) is 9.27. The first kappa shape index (κ1) is 21.5. The van der Waals surface area contributed by atoms with Crippen molar-refractivity contribution in [3.63, 3.8) is 0 Å². The summed E-state index contributed by atoms with van der Waals surface area (Å²) in [7, 11) is 0. The number of rotatable bonds is 4. The maximum atomic E-state index is 9.92. The number of phenolic OH excluding ortho intramolecular Hbond substituents is 2. The van der Waals surface area contributed by atoms with Gasteiger partial charge in [-0.2, -0.15) is 0 Å². The van der Waals surface area contributed by atoms with Crippen molar-refractivity contribution in [2.45, 2.75) is 38.4 Å². The van der Waals surface area contributed by atoms with Crippen molar-refractivity contribution in [1.82, 2.24) is 0 Å². The van der Waals surface area contributed by atoms with Crippen LogP contribution in [-0.2, 0) is 11.2 Å². The number of hydrogen-bond donors (Lipinski definition) is 4. The van der Waals surface area contributed by atoms with Gasteiger partial charge in [0.05, 0.1) is 0 Å². The molecule has 0 aromatic heterocycles. The van der Waals surface area contributed by atoms with Gasteiger partial charge < -0.3 is 20.4 Å². The molecule has 0 bridgehead atoms. The SMILES string of the molecule is CC(C)(c1ccccc1O)c1ccccc1O.CCC(O)(O)c1ccccc1. The largest absolute Gasteiger partial charge is 0.508 e. The van der Waals surface area contributed by atoms with Crippen LogP contribution in [0.4, 0.5) is 0 Å². The average molecular weight is 380 g/mol. The Bertz CT molecular complexity index is 838. The smallest absolute Gasteiger partial charge is 0.189 e. The highest BCUT2D eigenvalue weighted by molar-refractivity contribution is 5.49. The quantitative estimate of drug-likeness (QED) is 0.496. The third-order valence-corrected chi connectivity index (χ3v) is 4.88. The van der Waals surface area contributed by atoms with Crippen LogP contribution in [0.25, 0.3) is 0 Å². The Morgan fingerprint density at radius 3 is 1.43 bits per heavy atom. The van der Waals surface area contributed by atoms with Crippen LogP contribution in [-0.4, -0.2) is 20.4 Å². The van der Waals surface area contributed by atoms with Crippen LogP contribution in [0.2, 0.25) is 0 Å². The number of aromatic hydroxyl groups is 2. The zero-order valence-corrected chi connectivity index (χ0v) is 16.5. The second kappa shape index (κ2) is 8.91. The van der Waals surface area contributed by atoms with E-state index in [0.717, 1.165) is 11.1 Å². The molecule has 0 aliphatic carbocycles. The predicted octanol–water partition coefficient (Wildman–Crippen LogP) is 4.66. The predicted molar refractivity (Wildman–Crippen MR) is 111 cm³/mol. The molecule has 0 aliphatic rings. The lowest BCUT2D eigenvalue weighted by atomic mass is 9.77. The molecule has 0 atom stereocenters. The fourth-order valence-electron chi connectivity index (χ4n) is 3.06. The van der Waals surface area contributed by atoms with Gasteiger partial charge in [-0.3, -0.25) is 0 Å². The molecule has 3 aromatic rings. The molecule has 0 radical (unpaired) electrons. The molecule has 3 rings (SSSR count). The number of aliphatic hydroxyl groups is 2. The highest BCUT2D eigenvalue weighted by Gasteiger charge is 2.28. The topological polar surface area (TPSA) is 80.9 Å². The summed E-state index contributed by atoms with van der Waals surface area (Å²) in [5, 5.41) is 38.5. The summed E-state index contributed by atoms with van der Waals surface area (Å²) in [6.45, 7) is 5.70. The first-order valence-corrected chi connectivity index (χ1v) is 9.27. The molecule has 0 heterocycles. The second-order valence-corrected chi connectivity index (χ2v) is 7.20. The van der Waals surface area contributed by atoms with E-state index in [4.69, 9.17) is 0 Å². The van der Waals surface area contributed by atoms with E-state index in [1.165, 1.54) is 0 Å². The lowest BCUT2D eigenvalue weighted by molar-refractivity contribution is -0.171. The van der Waals surface area contributed by atoms with Crippen molar-refractivity contribution in [2.24, 2.45) is 0 Å². The number of benzene rings is 3. The van der Waals surface area contributed by atoms with Crippen molar-refractivity contribution in [1.29, 1.82) is 0 Å². The normalized spacial score (nSPS) is 11.5. The van der Waals surface area contributed by atoms with Crippen LogP contribution >= 0.6 is 0 Å². The number of phenols is 2. The van der Waals surface area contributed by atoms with Crippen molar-refractivity contribution in [3.05, 3.63) is 95.6 Å². The molecule has 0 amide bonds. The van der Waals surface area contributed by atoms with Crippen molar-refractivity contribution in [2.75, 3.05) is 0 Å². The van der Waals surface area contributed by atoms with Crippen LogP contribution in [0.15, 0.2) is 78.9 Å². The van der Waals surface area contributed by atoms with Gasteiger partial charge in [-0.25, -0.2) is 0 Å². The van der Waals surface area contributed by atoms with Gasteiger partial charge in [-0.05, 0) is 12.1 Å². The first-order chi connectivity index (χ1) is 13.2. The van der Waals surface area contributed by atoms with Crippen molar-refractivity contribution >= 4 is 0 Å². The summed E-state index contributed by atoms with van der Waals surface area (Å²) in [6, 6.07) is 23.2. The zero-order valence-electron chi connectivity index (χ0n) is 16.5. The molecule has 3 aromatic carbocycles. The Balaban J connectivity index is 0.000000221. The minimum Gasteiger partial charge on any atom is -0.508 e. The van der Waals surface area contributed by atoms with Gasteiger partial charge in [0.1, 0.15) is 11.5 Å². The zero-order chi connectivity index (χ0) is 20.8. The van der Waals surface area contributed by atoms with Crippen molar-refractivity contribution < 1.29 is 20.4 Å². The minimum atomic E-state index is -1.67. The Morgan fingerprint density at radius 2 is 1.04 bits per heavy atom. The van der Waals surface area contributed by atoms with Gasteiger partial charge in [-0.15, -0.1) is 0 Å². The molecule has 4 heteroatoms. The molecule has 148 valence electrons. The summed E-state index contributed by atoms with van der Waals surface area (Å²) in [5.41, 5.74) is 1.72. The number of para-hydroxylation sites is 2. The van der Waals surface area contributed by atoms with Gasteiger partial charge in [0.15, 0.2) is 5.79 Å². The van der Waals surface area contributed by atoms with Gasteiger partial charge in [0, 0.05) is 28.5 Å². The Kier molecular flexibility index (Phi) is 6.84. The van der Waals surface area contributed by atoms with E-state index in [-0.39, 0.29) is 11.5 Å². The molecule has 0 saturated heterocycles. The second-order valence-electron chi connectivity index (χ2n) is 7.20. The summed E-state index contributed by atoms with van der Waals surface area (Å²) < 4.78 is 0. The van der Waals surface area contributed by atoms with Crippen LogP contribution in [0.5, 0.6) is 11.5 Å². The molecular formula is C24H28O4. The van der Waals surface area contributed by atoms with E-state index in [1.54, 1.807) is 55.5 Å². The van der Waals surface area contributed by atoms with E-state index >= 15 is 0 Å². The third kappa shape index (κ3) is 4.91. The van der Waals surface area contributed by atoms with E-state index in [2.05, 4.69) is 0 Å². The Morgan fingerprint density at radius 1 is 0.643 bits per heavy atom. The van der Waals surface area contributed by atoms with Gasteiger partial charge >= 0.3 is 0 Å². The summed E-state index contributed by atoms with van der Waals surface area (Å²) >= 11 is 0. The summed E-state index contributed by atoms with van der Waals surface area (Å²) in [5.74, 6) is -1.16. The van der Waals surface area contributed by atoms with Gasteiger partial charge in [-0.1, -0.05) is 87.5 Å². The Hall–Kier alpha value is -2.82. The van der Waals surface area contributed by atoms with Crippen LogP contribution < -0.4 is 0 Å². The maximum Gasteiger partial charge on any atom is 0.189 e. The average Bonchev–Trinajstić information content (AvgIpc) is 2.69. The minimum absolute atomic E-state index is 0.251. The highest BCUT2D eigenvalue weighted by atomic mass is 16.5. The molecule has 28 heavy (non-hydrogen) atoms. The highest BCUT2D eigenvalue weighted by Crippen LogP contribution is 2.40. The molecule has 4 nitrogen and oxygen atoms in total. The Labute approximate surface area is 166 Å². The summed E-state index contributed by atoms with van der Waals surface area (Å²) in [6.07, 6.45) is 0.303. The molecular weight excluding hydrogens is 352 g/mol. The van der Waals surface area contributed by atoms with Gasteiger partial charge in [0.25, 0.3) is 0 Å². The lowest BCUT2D eigenvalue weighted by Gasteiger charge is -2.27. The van der Waals surface area contributed by atoms with E-state index in [1.807, 2.05) is 44.2 Å². The summed E-state index contributed by atoms with van der Waals surface area (Å²) in [4.78, 5) is 0. The fourth-order valence-corrected chi connectivity index (χ4v) is 3.06. The van der Waals surface area contributed by atoms with Crippen LogP contribution in [0, 0.1) is 0 Å². The van der Waals surface area contributed by atoms with E-state index < -0.39 is 11.2 Å². The van der Waals surface area contributed by atoms with Gasteiger partial charge in [0.2, 0.25) is 0 Å². The van der Waals surface area contributed by atoms with Crippen molar-refractivity contribution in [3.8, 4) is 11.5 Å². The van der Waals surface area contributed by atoms with E-state index in [0.29, 0.717) is 12.0 Å². The van der Waals surface area contributed by atoms with Crippen LogP contribution in [0.1, 0.15) is 43.9 Å². The molecule has 0 unspecified atom stereocenters. The fraction of sp³-hybridized carbons (Fsp3) is 0.250. The maximum absolute atomic E-state index is 9.92. The van der Waals surface area contributed by atoms with Crippen LogP contribution in [0.3, 0.4) is 0 Å². The molecule has 4 N–H and O–H groups in total. The van der Waals surface area contributed by atoms with E-state index in [9.17, 15) is 20.4 Å². The molecule has 0 aliphatic heterocycles. The lowest BCUT2D eigenvalue weighted by Crippen LogP contribution is -2.23. The number of hydrogen-bond acceptors (Lipinski definition) is 4.